The Morgan fingerprint density at radius 3 is 2.38 bits per heavy atom. The first-order valence-corrected chi connectivity index (χ1v) is 10.4. The summed E-state index contributed by atoms with van der Waals surface area (Å²) >= 11 is 0. The van der Waals surface area contributed by atoms with Crippen LogP contribution in [0.15, 0.2) is 66.7 Å². The van der Waals surface area contributed by atoms with Crippen molar-refractivity contribution in [3.8, 4) is 11.8 Å². The van der Waals surface area contributed by atoms with Gasteiger partial charge in [0.1, 0.15) is 0 Å². The van der Waals surface area contributed by atoms with Crippen LogP contribution in [0.1, 0.15) is 51.6 Å². The average Bonchev–Trinajstić information content (AvgIpc) is 2.79. The van der Waals surface area contributed by atoms with E-state index < -0.39 is 11.9 Å². The minimum atomic E-state index is -1.12. The van der Waals surface area contributed by atoms with Crippen LogP contribution in [0.3, 0.4) is 0 Å². The second kappa shape index (κ2) is 10.7. The summed E-state index contributed by atoms with van der Waals surface area (Å²) in [5.41, 5.74) is 9.15. The summed E-state index contributed by atoms with van der Waals surface area (Å²) in [4.78, 5) is 24.6. The topological polar surface area (TPSA) is 104 Å². The minimum Gasteiger partial charge on any atom is -0.478 e. The predicted octanol–water partition coefficient (Wildman–Crippen LogP) is 4.83. The molecule has 6 heteroatoms. The fourth-order valence-electron chi connectivity index (χ4n) is 3.14. The van der Waals surface area contributed by atoms with Crippen LogP contribution >= 0.6 is 0 Å². The molecule has 0 spiro atoms. The summed E-state index contributed by atoms with van der Waals surface area (Å²) in [5.74, 6) is 4.63. The maximum Gasteiger partial charge on any atom is 0.337 e. The molecule has 0 saturated heterocycles. The third kappa shape index (κ3) is 5.46. The monoisotopic (exact) mass is 427 g/mol. The summed E-state index contributed by atoms with van der Waals surface area (Å²) in [5, 5.41) is 15.4. The molecule has 32 heavy (non-hydrogen) atoms. The van der Waals surface area contributed by atoms with E-state index >= 15 is 0 Å². The molecule has 0 aliphatic heterocycles. The van der Waals surface area contributed by atoms with Crippen LogP contribution in [0, 0.1) is 11.8 Å². The van der Waals surface area contributed by atoms with Crippen molar-refractivity contribution in [1.29, 1.82) is 0 Å². The number of carbonyl (C=O) groups is 2. The maximum absolute atomic E-state index is 13.1. The molecule has 3 aromatic rings. The number of nitrogens with one attached hydrogen (secondary N) is 2. The van der Waals surface area contributed by atoms with Crippen molar-refractivity contribution >= 4 is 28.9 Å². The fourth-order valence-corrected chi connectivity index (χ4v) is 3.14. The van der Waals surface area contributed by atoms with Crippen molar-refractivity contribution in [3.63, 3.8) is 0 Å². The number of carbonyl (C=O) groups excluding carboxylic acids is 1. The summed E-state index contributed by atoms with van der Waals surface area (Å²) in [7, 11) is 0. The fraction of sp³-hybridized carbons (Fsp3) is 0.154. The van der Waals surface area contributed by atoms with Crippen molar-refractivity contribution in [2.75, 3.05) is 22.9 Å². The molecule has 0 aliphatic carbocycles. The van der Waals surface area contributed by atoms with Gasteiger partial charge in [-0.3, -0.25) is 4.79 Å². The molecule has 3 rings (SSSR count). The number of amides is 1. The van der Waals surface area contributed by atoms with Gasteiger partial charge in [-0.1, -0.05) is 55.5 Å². The molecular formula is C26H25N3O3. The molecule has 0 radical (unpaired) electrons. The van der Waals surface area contributed by atoms with Gasteiger partial charge in [-0.05, 0) is 42.8 Å². The zero-order chi connectivity index (χ0) is 22.9. The Kier molecular flexibility index (Phi) is 7.50. The highest BCUT2D eigenvalue weighted by atomic mass is 16.4. The van der Waals surface area contributed by atoms with Crippen molar-refractivity contribution in [2.45, 2.75) is 19.8 Å². The van der Waals surface area contributed by atoms with E-state index in [2.05, 4.69) is 29.4 Å². The molecular weight excluding hydrogens is 402 g/mol. The number of para-hydroxylation sites is 1. The lowest BCUT2D eigenvalue weighted by Crippen LogP contribution is -2.18. The SMILES string of the molecule is CCCCNc1c(C(=O)Nc2ccccc2C(=O)O)ccc(N)c1C#Cc1ccccc1. The molecule has 0 bridgehead atoms. The van der Waals surface area contributed by atoms with E-state index in [0.29, 0.717) is 29.0 Å². The summed E-state index contributed by atoms with van der Waals surface area (Å²) in [6.07, 6.45) is 1.89. The number of aromatic carboxylic acids is 1. The van der Waals surface area contributed by atoms with Gasteiger partial charge in [0.2, 0.25) is 0 Å². The Balaban J connectivity index is 2.02. The standard InChI is InChI=1S/C26H25N3O3/c1-2-3-17-28-24-19(14-13-18-9-5-4-6-10-18)22(27)16-15-21(24)25(30)29-23-12-8-7-11-20(23)26(31)32/h4-12,15-16,28H,2-3,17,27H2,1H3,(H,29,30)(H,31,32). The first-order chi connectivity index (χ1) is 15.5. The average molecular weight is 428 g/mol. The van der Waals surface area contributed by atoms with E-state index in [1.165, 1.54) is 6.07 Å². The Morgan fingerprint density at radius 2 is 1.66 bits per heavy atom. The van der Waals surface area contributed by atoms with Crippen molar-refractivity contribution in [3.05, 3.63) is 89.0 Å². The maximum atomic E-state index is 13.1. The van der Waals surface area contributed by atoms with Crippen LogP contribution < -0.4 is 16.4 Å². The number of nitrogens with two attached hydrogens (primary N) is 1. The van der Waals surface area contributed by atoms with Gasteiger partial charge < -0.3 is 21.5 Å². The van der Waals surface area contributed by atoms with E-state index in [1.54, 1.807) is 30.3 Å². The molecule has 5 N–H and O–H groups in total. The Hall–Kier alpha value is -4.24. The van der Waals surface area contributed by atoms with E-state index in [9.17, 15) is 14.7 Å². The summed E-state index contributed by atoms with van der Waals surface area (Å²) in [6.45, 7) is 2.72. The van der Waals surface area contributed by atoms with Crippen LogP contribution in [0.5, 0.6) is 0 Å². The smallest absolute Gasteiger partial charge is 0.337 e. The van der Waals surface area contributed by atoms with Gasteiger partial charge >= 0.3 is 5.97 Å². The number of benzene rings is 3. The van der Waals surface area contributed by atoms with Crippen molar-refractivity contribution < 1.29 is 14.7 Å². The first kappa shape index (κ1) is 22.4. The third-order valence-electron chi connectivity index (χ3n) is 4.83. The van der Waals surface area contributed by atoms with E-state index in [-0.39, 0.29) is 11.3 Å². The highest BCUT2D eigenvalue weighted by Crippen LogP contribution is 2.28. The Morgan fingerprint density at radius 1 is 0.938 bits per heavy atom. The zero-order valence-corrected chi connectivity index (χ0v) is 17.8. The molecule has 0 fully saturated rings. The predicted molar refractivity (Wildman–Crippen MR) is 128 cm³/mol. The lowest BCUT2D eigenvalue weighted by Gasteiger charge is -2.16. The van der Waals surface area contributed by atoms with Crippen LogP contribution in [0.2, 0.25) is 0 Å². The number of nitrogen functional groups attached to an aromatic ring is 1. The number of rotatable bonds is 7. The minimum absolute atomic E-state index is 0.0147. The van der Waals surface area contributed by atoms with E-state index in [0.717, 1.165) is 18.4 Å². The molecule has 0 unspecified atom stereocenters. The van der Waals surface area contributed by atoms with Gasteiger partial charge in [0.15, 0.2) is 0 Å². The molecule has 0 heterocycles. The van der Waals surface area contributed by atoms with Crippen LogP contribution in [0.25, 0.3) is 0 Å². The van der Waals surface area contributed by atoms with Gasteiger partial charge in [0.25, 0.3) is 5.91 Å². The molecule has 6 nitrogen and oxygen atoms in total. The number of anilines is 3. The number of unbranched alkanes of at least 4 members (excludes halogenated alkanes) is 1. The largest absolute Gasteiger partial charge is 0.478 e. The molecule has 162 valence electrons. The third-order valence-corrected chi connectivity index (χ3v) is 4.83. The molecule has 0 atom stereocenters. The summed E-state index contributed by atoms with van der Waals surface area (Å²) < 4.78 is 0. The molecule has 0 saturated carbocycles. The van der Waals surface area contributed by atoms with Crippen LogP contribution in [-0.4, -0.2) is 23.5 Å². The van der Waals surface area contributed by atoms with Crippen LogP contribution in [-0.2, 0) is 0 Å². The number of hydrogen-bond acceptors (Lipinski definition) is 4. The lowest BCUT2D eigenvalue weighted by molar-refractivity contribution is 0.0698. The normalized spacial score (nSPS) is 10.0. The van der Waals surface area contributed by atoms with Crippen molar-refractivity contribution in [1.82, 2.24) is 0 Å². The van der Waals surface area contributed by atoms with E-state index in [4.69, 9.17) is 5.73 Å². The van der Waals surface area contributed by atoms with Crippen molar-refractivity contribution in [2.24, 2.45) is 0 Å². The highest BCUT2D eigenvalue weighted by molar-refractivity contribution is 6.11. The van der Waals surface area contributed by atoms with Crippen LogP contribution in [0.4, 0.5) is 17.1 Å². The van der Waals surface area contributed by atoms with E-state index in [1.807, 2.05) is 30.3 Å². The zero-order valence-electron chi connectivity index (χ0n) is 17.8. The quantitative estimate of drug-likeness (QED) is 0.246. The molecule has 1 amide bonds. The highest BCUT2D eigenvalue weighted by Gasteiger charge is 2.19. The number of carboxylic acid groups (broad SMARTS) is 1. The second-order valence-electron chi connectivity index (χ2n) is 7.15. The number of hydrogen-bond donors (Lipinski definition) is 4. The van der Waals surface area contributed by atoms with Gasteiger partial charge in [0, 0.05) is 17.8 Å². The molecule has 0 aliphatic rings. The summed E-state index contributed by atoms with van der Waals surface area (Å²) in [6, 6.07) is 19.0. The Labute approximate surface area is 187 Å². The van der Waals surface area contributed by atoms with Gasteiger partial charge in [0.05, 0.1) is 28.1 Å². The van der Waals surface area contributed by atoms with Gasteiger partial charge in [-0.15, -0.1) is 0 Å². The number of carboxylic acids is 1. The first-order valence-electron chi connectivity index (χ1n) is 10.4. The van der Waals surface area contributed by atoms with Gasteiger partial charge in [-0.2, -0.15) is 0 Å². The Bertz CT molecular complexity index is 1180. The molecule has 3 aromatic carbocycles. The molecule has 0 aromatic heterocycles. The lowest BCUT2D eigenvalue weighted by atomic mass is 10.0. The van der Waals surface area contributed by atoms with Gasteiger partial charge in [-0.25, -0.2) is 4.79 Å². The second-order valence-corrected chi connectivity index (χ2v) is 7.15.